The molecule has 0 aromatic rings. The topological polar surface area (TPSA) is 41.7 Å². The smallest absolute Gasteiger partial charge is 0.162 e. The molecule has 0 saturated heterocycles. The number of allylic oxidation sites excluding steroid dienone is 3. The van der Waals surface area contributed by atoms with E-state index in [1.165, 1.54) is 36.8 Å². The first kappa shape index (κ1) is 18.0. The van der Waals surface area contributed by atoms with Crippen LogP contribution < -0.4 is 0 Å². The number of carbonyl (C=O) groups excluding carboxylic acids is 1. The van der Waals surface area contributed by atoms with E-state index >= 15 is 0 Å². The second-order valence-corrected chi connectivity index (χ2v) is 9.66. The average Bonchev–Trinajstić information content (AvgIpc) is 2.98. The van der Waals surface area contributed by atoms with Gasteiger partial charge in [-0.3, -0.25) is 4.79 Å². The third kappa shape index (κ3) is 2.31. The van der Waals surface area contributed by atoms with Crippen LogP contribution >= 0.6 is 0 Å². The van der Waals surface area contributed by atoms with E-state index in [0.717, 1.165) is 25.0 Å². The number of aliphatic hydroxyl groups is 1. The van der Waals surface area contributed by atoms with E-state index in [1.807, 2.05) is 13.0 Å². The molecule has 4 rings (SSSR count). The summed E-state index contributed by atoms with van der Waals surface area (Å²) in [7, 11) is 0. The lowest BCUT2D eigenvalue weighted by molar-refractivity contribution is -0.123. The normalized spacial score (nSPS) is 46.6. The van der Waals surface area contributed by atoms with Crippen molar-refractivity contribution in [3.05, 3.63) is 34.3 Å². The van der Waals surface area contributed by atoms with Crippen LogP contribution in [0.4, 0.5) is 0 Å². The van der Waals surface area contributed by atoms with Crippen molar-refractivity contribution in [1.29, 1.82) is 0 Å². The van der Waals surface area contributed by atoms with Crippen LogP contribution in [0, 0.1) is 41.1 Å². The molecule has 140 valence electrons. The van der Waals surface area contributed by atoms with Gasteiger partial charge in [0.05, 0.1) is 13.2 Å². The van der Waals surface area contributed by atoms with Gasteiger partial charge in [0.15, 0.2) is 11.5 Å². The van der Waals surface area contributed by atoms with Gasteiger partial charge in [-0.1, -0.05) is 25.0 Å². The number of aliphatic hydroxyl groups excluding tert-OH is 1. The van der Waals surface area contributed by atoms with E-state index in [1.54, 1.807) is 0 Å². The molecule has 3 saturated carbocycles. The molecule has 0 radical (unpaired) electrons. The third-order valence-electron chi connectivity index (χ3n) is 8.73. The molecule has 1 N–H and O–H groups in total. The van der Waals surface area contributed by atoms with Crippen molar-refractivity contribution in [2.24, 2.45) is 34.5 Å². The van der Waals surface area contributed by atoms with Gasteiger partial charge in [0.1, 0.15) is 0 Å². The highest BCUT2D eigenvalue weighted by Crippen LogP contribution is 2.67. The first-order valence-electron chi connectivity index (χ1n) is 10.3. The highest BCUT2D eigenvalue weighted by Gasteiger charge is 2.58. The van der Waals surface area contributed by atoms with Crippen molar-refractivity contribution in [1.82, 2.24) is 0 Å². The van der Waals surface area contributed by atoms with E-state index in [4.69, 9.17) is 6.57 Å². The summed E-state index contributed by atoms with van der Waals surface area (Å²) in [6.45, 7) is 14.2. The Morgan fingerprint density at radius 1 is 1.23 bits per heavy atom. The predicted molar refractivity (Wildman–Crippen MR) is 102 cm³/mol. The number of carbonyl (C=O) groups is 1. The highest BCUT2D eigenvalue weighted by molar-refractivity contribution is 5.93. The predicted octanol–water partition coefficient (Wildman–Crippen LogP) is 4.93. The quantitative estimate of drug-likeness (QED) is 0.679. The summed E-state index contributed by atoms with van der Waals surface area (Å²) in [5.74, 6) is 1.92. The molecule has 3 nitrogen and oxygen atoms in total. The number of ketones is 1. The van der Waals surface area contributed by atoms with E-state index in [-0.39, 0.29) is 29.1 Å². The van der Waals surface area contributed by atoms with Gasteiger partial charge < -0.3 is 5.11 Å². The van der Waals surface area contributed by atoms with Crippen LogP contribution in [0.25, 0.3) is 4.85 Å². The molecular weight excluding hydrogens is 322 g/mol. The standard InChI is InChI=1S/C23H31NO2/c1-14(24-4)18-7-8-19-17-6-5-16-11-21(26)15(13-25)12-23(16,3)20(17)9-10-22(18,19)2/h11,15,17,19-20,25H,5-10,12-13H2,1-3H3/b18-14-/t15-,17+,19+,20+,22-,23+/m1/s1. The average molecular weight is 354 g/mol. The van der Waals surface area contributed by atoms with Gasteiger partial charge >= 0.3 is 0 Å². The number of nitrogens with zero attached hydrogens (tertiary/aromatic N) is 1. The third-order valence-corrected chi connectivity index (χ3v) is 8.73. The molecule has 3 heteroatoms. The first-order chi connectivity index (χ1) is 12.3. The zero-order chi connectivity index (χ0) is 18.7. The maximum absolute atomic E-state index is 12.3. The van der Waals surface area contributed by atoms with Crippen LogP contribution in [0.1, 0.15) is 65.7 Å². The van der Waals surface area contributed by atoms with Gasteiger partial charge in [-0.15, -0.1) is 0 Å². The SMILES string of the molecule is [C-]#[N+]/C(C)=C1/CC[C@H]2[C@@H]3CCC4=CC(=O)[C@@H](CO)C[C@]4(C)[C@H]3CC[C@]12C. The van der Waals surface area contributed by atoms with E-state index in [9.17, 15) is 9.90 Å². The van der Waals surface area contributed by atoms with E-state index in [2.05, 4.69) is 18.7 Å². The van der Waals surface area contributed by atoms with Gasteiger partial charge in [-0.05, 0) is 86.5 Å². The minimum atomic E-state index is -0.209. The van der Waals surface area contributed by atoms with Crippen molar-refractivity contribution in [2.45, 2.75) is 65.7 Å². The summed E-state index contributed by atoms with van der Waals surface area (Å²) in [5.41, 5.74) is 3.98. The molecule has 6 atom stereocenters. The fourth-order valence-corrected chi connectivity index (χ4v) is 7.38. The fourth-order valence-electron chi connectivity index (χ4n) is 7.38. The summed E-state index contributed by atoms with van der Waals surface area (Å²) >= 11 is 0. The number of fused-ring (bicyclic) bond motifs is 5. The molecule has 0 unspecified atom stereocenters. The number of hydrogen-bond acceptors (Lipinski definition) is 2. The molecule has 0 aromatic carbocycles. The van der Waals surface area contributed by atoms with Gasteiger partial charge in [0, 0.05) is 5.92 Å². The largest absolute Gasteiger partial charge is 0.396 e. The summed E-state index contributed by atoms with van der Waals surface area (Å²) in [6.07, 6.45) is 9.60. The van der Waals surface area contributed by atoms with Crippen molar-refractivity contribution in [2.75, 3.05) is 6.61 Å². The lowest BCUT2D eigenvalue weighted by Gasteiger charge is -2.58. The second-order valence-electron chi connectivity index (χ2n) is 9.66. The van der Waals surface area contributed by atoms with Crippen LogP contribution in [0.2, 0.25) is 0 Å². The Balaban J connectivity index is 1.70. The first-order valence-corrected chi connectivity index (χ1v) is 10.3. The van der Waals surface area contributed by atoms with Gasteiger partial charge in [-0.2, -0.15) is 0 Å². The highest BCUT2D eigenvalue weighted by atomic mass is 16.3. The Hall–Kier alpha value is -1.40. The molecule has 3 fully saturated rings. The molecule has 0 bridgehead atoms. The molecule has 0 heterocycles. The van der Waals surface area contributed by atoms with E-state index < -0.39 is 0 Å². The Morgan fingerprint density at radius 2 is 1.96 bits per heavy atom. The fraction of sp³-hybridized carbons (Fsp3) is 0.739. The Labute approximate surface area is 157 Å². The molecule has 0 aromatic heterocycles. The minimum absolute atomic E-state index is 0.0200. The monoisotopic (exact) mass is 353 g/mol. The number of rotatable bonds is 1. The molecule has 4 aliphatic carbocycles. The molecule has 26 heavy (non-hydrogen) atoms. The lowest BCUT2D eigenvalue weighted by Crippen LogP contribution is -2.51. The lowest BCUT2D eigenvalue weighted by atomic mass is 9.46. The summed E-state index contributed by atoms with van der Waals surface area (Å²) in [6, 6.07) is 0. The zero-order valence-electron chi connectivity index (χ0n) is 16.3. The minimum Gasteiger partial charge on any atom is -0.396 e. The zero-order valence-corrected chi connectivity index (χ0v) is 16.3. The van der Waals surface area contributed by atoms with Crippen molar-refractivity contribution < 1.29 is 9.90 Å². The van der Waals surface area contributed by atoms with Crippen LogP contribution in [-0.2, 0) is 4.79 Å². The van der Waals surface area contributed by atoms with Gasteiger partial charge in [-0.25, -0.2) is 4.85 Å². The Morgan fingerprint density at radius 3 is 2.65 bits per heavy atom. The molecule has 0 amide bonds. The second kappa shape index (κ2) is 6.06. The van der Waals surface area contributed by atoms with Crippen LogP contribution in [-0.4, -0.2) is 17.5 Å². The molecule has 0 spiro atoms. The van der Waals surface area contributed by atoms with Crippen molar-refractivity contribution in [3.63, 3.8) is 0 Å². The maximum Gasteiger partial charge on any atom is 0.162 e. The van der Waals surface area contributed by atoms with Crippen LogP contribution in [0.3, 0.4) is 0 Å². The molecule has 0 aliphatic heterocycles. The molecular formula is C23H31NO2. The van der Waals surface area contributed by atoms with Crippen LogP contribution in [0.5, 0.6) is 0 Å². The summed E-state index contributed by atoms with van der Waals surface area (Å²) in [4.78, 5) is 16.1. The van der Waals surface area contributed by atoms with Crippen LogP contribution in [0.15, 0.2) is 22.9 Å². The Bertz CT molecular complexity index is 742. The summed E-state index contributed by atoms with van der Waals surface area (Å²) in [5, 5.41) is 9.69. The number of hydrogen-bond donors (Lipinski definition) is 1. The molecule has 4 aliphatic rings. The van der Waals surface area contributed by atoms with Crippen molar-refractivity contribution in [3.8, 4) is 0 Å². The summed E-state index contributed by atoms with van der Waals surface area (Å²) < 4.78 is 0. The van der Waals surface area contributed by atoms with Gasteiger partial charge in [0.2, 0.25) is 0 Å². The Kier molecular flexibility index (Phi) is 4.19. The maximum atomic E-state index is 12.3. The van der Waals surface area contributed by atoms with Gasteiger partial charge in [0.25, 0.3) is 0 Å². The van der Waals surface area contributed by atoms with E-state index in [0.29, 0.717) is 17.8 Å². The van der Waals surface area contributed by atoms with Crippen molar-refractivity contribution >= 4 is 5.78 Å².